The molecule has 0 saturated carbocycles. The fourth-order valence-electron chi connectivity index (χ4n) is 4.23. The molecule has 5 heteroatoms. The second-order valence-corrected chi connectivity index (χ2v) is 8.74. The van der Waals surface area contributed by atoms with Crippen molar-refractivity contribution in [1.82, 2.24) is 9.97 Å². The summed E-state index contributed by atoms with van der Waals surface area (Å²) in [7, 11) is 0. The van der Waals surface area contributed by atoms with Gasteiger partial charge in [-0.15, -0.1) is 0 Å². The summed E-state index contributed by atoms with van der Waals surface area (Å²) in [4.78, 5) is 13.6. The van der Waals surface area contributed by atoms with Gasteiger partial charge in [-0.3, -0.25) is 0 Å². The van der Waals surface area contributed by atoms with Gasteiger partial charge in [0.2, 0.25) is 5.71 Å². The first-order valence-electron chi connectivity index (χ1n) is 11.5. The van der Waals surface area contributed by atoms with Gasteiger partial charge in [0, 0.05) is 22.4 Å². The maximum Gasteiger partial charge on any atom is 0.232 e. The Morgan fingerprint density at radius 2 is 1.25 bits per heavy atom. The molecule has 0 amide bonds. The molecular formula is C31H20ClN3O. The fourth-order valence-corrected chi connectivity index (χ4v) is 4.35. The Morgan fingerprint density at radius 3 is 1.94 bits per heavy atom. The van der Waals surface area contributed by atoms with E-state index in [4.69, 9.17) is 21.0 Å². The van der Waals surface area contributed by atoms with E-state index < -0.39 is 0 Å². The van der Waals surface area contributed by atoms with Crippen molar-refractivity contribution in [3.05, 3.63) is 126 Å². The number of nitrogens with zero attached hydrogens (tertiary/aromatic N) is 3. The van der Waals surface area contributed by atoms with Gasteiger partial charge < -0.3 is 4.42 Å². The van der Waals surface area contributed by atoms with Gasteiger partial charge in [-0.25, -0.2) is 15.0 Å². The monoisotopic (exact) mass is 485 g/mol. The van der Waals surface area contributed by atoms with Crippen LogP contribution < -0.4 is 0 Å². The van der Waals surface area contributed by atoms with Crippen LogP contribution >= 0.6 is 11.6 Å². The van der Waals surface area contributed by atoms with Crippen molar-refractivity contribution in [3.63, 3.8) is 0 Å². The van der Waals surface area contributed by atoms with E-state index in [1.54, 1.807) is 6.21 Å². The molecule has 6 rings (SSSR count). The maximum absolute atomic E-state index is 6.35. The molecule has 36 heavy (non-hydrogen) atoms. The van der Waals surface area contributed by atoms with Crippen LogP contribution in [0.25, 0.3) is 44.7 Å². The highest BCUT2D eigenvalue weighted by atomic mass is 35.5. The predicted molar refractivity (Wildman–Crippen MR) is 147 cm³/mol. The minimum Gasteiger partial charge on any atom is -0.437 e. The molecule has 2 aromatic heterocycles. The van der Waals surface area contributed by atoms with Crippen LogP contribution in [-0.4, -0.2) is 16.2 Å². The Bertz CT molecular complexity index is 1660. The van der Waals surface area contributed by atoms with Crippen LogP contribution in [0.3, 0.4) is 0 Å². The zero-order chi connectivity index (χ0) is 24.3. The van der Waals surface area contributed by atoms with Gasteiger partial charge >= 0.3 is 0 Å². The molecule has 0 aliphatic rings. The average molecular weight is 486 g/mol. The minimum absolute atomic E-state index is 0.495. The van der Waals surface area contributed by atoms with E-state index in [2.05, 4.69) is 58.5 Å². The van der Waals surface area contributed by atoms with E-state index in [0.717, 1.165) is 39.0 Å². The molecule has 0 fully saturated rings. The van der Waals surface area contributed by atoms with Gasteiger partial charge in [0.1, 0.15) is 12.1 Å². The Kier molecular flexibility index (Phi) is 5.86. The lowest BCUT2D eigenvalue weighted by Gasteiger charge is -2.06. The Balaban J connectivity index is 1.50. The highest BCUT2D eigenvalue weighted by Gasteiger charge is 2.22. The highest BCUT2D eigenvalue weighted by Crippen LogP contribution is 2.43. The number of aliphatic imine (C=N–C) groups is 1. The first-order chi connectivity index (χ1) is 17.8. The topological polar surface area (TPSA) is 51.3 Å². The molecule has 0 N–H and O–H groups in total. The van der Waals surface area contributed by atoms with E-state index in [1.807, 2.05) is 60.7 Å². The molecule has 6 aromatic rings. The van der Waals surface area contributed by atoms with Crippen molar-refractivity contribution in [3.8, 4) is 33.6 Å². The van der Waals surface area contributed by atoms with Crippen molar-refractivity contribution in [2.24, 2.45) is 4.99 Å². The molecule has 0 bridgehead atoms. The third kappa shape index (κ3) is 4.30. The number of fused-ring (bicyclic) bond motifs is 1. The second-order valence-electron chi connectivity index (χ2n) is 8.30. The summed E-state index contributed by atoms with van der Waals surface area (Å²) in [5, 5.41) is 1.46. The van der Waals surface area contributed by atoms with Gasteiger partial charge in [-0.2, -0.15) is 0 Å². The van der Waals surface area contributed by atoms with E-state index in [9.17, 15) is 0 Å². The van der Waals surface area contributed by atoms with E-state index in [-0.39, 0.29) is 0 Å². The van der Waals surface area contributed by atoms with Crippen LogP contribution in [0, 0.1) is 0 Å². The number of benzene rings is 4. The highest BCUT2D eigenvalue weighted by molar-refractivity contribution is 6.30. The third-order valence-electron chi connectivity index (χ3n) is 5.99. The number of furan rings is 1. The largest absolute Gasteiger partial charge is 0.437 e. The number of rotatable bonds is 5. The second kappa shape index (κ2) is 9.61. The van der Waals surface area contributed by atoms with Crippen LogP contribution in [0.15, 0.2) is 125 Å². The lowest BCUT2D eigenvalue weighted by Crippen LogP contribution is -1.86. The average Bonchev–Trinajstić information content (AvgIpc) is 3.34. The van der Waals surface area contributed by atoms with Crippen molar-refractivity contribution in [1.29, 1.82) is 0 Å². The maximum atomic E-state index is 6.35. The standard InChI is InChI=1S/C31H20ClN3O/c32-26-17-11-21(12-18-26)19-33-30-28-27(24-9-5-2-6-10-24)29(36-31(28)35-20-34-30)25-15-13-23(14-16-25)22-7-3-1-4-8-22/h1-20H. The first-order valence-corrected chi connectivity index (χ1v) is 11.9. The first kappa shape index (κ1) is 22.0. The number of halogens is 1. The van der Waals surface area contributed by atoms with E-state index >= 15 is 0 Å². The van der Waals surface area contributed by atoms with Crippen LogP contribution in [0.1, 0.15) is 5.56 Å². The van der Waals surface area contributed by atoms with Crippen LogP contribution in [0.4, 0.5) is 5.82 Å². The summed E-state index contributed by atoms with van der Waals surface area (Å²) < 4.78 is 6.35. The zero-order valence-electron chi connectivity index (χ0n) is 19.2. The Hall–Kier alpha value is -4.54. The normalized spacial score (nSPS) is 11.4. The fraction of sp³-hybridized carbons (Fsp3) is 0. The molecule has 172 valence electrons. The van der Waals surface area contributed by atoms with E-state index in [1.165, 1.54) is 11.9 Å². The van der Waals surface area contributed by atoms with Crippen molar-refractivity contribution < 1.29 is 4.42 Å². The molecule has 0 aliphatic carbocycles. The Labute approximate surface area is 213 Å². The quantitative estimate of drug-likeness (QED) is 0.229. The summed E-state index contributed by atoms with van der Waals surface area (Å²) in [6.45, 7) is 0. The van der Waals surface area contributed by atoms with Crippen molar-refractivity contribution >= 4 is 34.7 Å². The van der Waals surface area contributed by atoms with Gasteiger partial charge in [0.05, 0.1) is 5.39 Å². The summed E-state index contributed by atoms with van der Waals surface area (Å²) in [5.74, 6) is 1.28. The summed E-state index contributed by atoms with van der Waals surface area (Å²) in [6.07, 6.45) is 3.26. The number of hydrogen-bond acceptors (Lipinski definition) is 4. The SMILES string of the molecule is Clc1ccc(C=Nc2ncnc3oc(-c4ccc(-c5ccccc5)cc4)c(-c4ccccc4)c23)cc1. The molecule has 0 aliphatic heterocycles. The molecule has 0 atom stereocenters. The van der Waals surface area contributed by atoms with Crippen molar-refractivity contribution in [2.45, 2.75) is 0 Å². The van der Waals surface area contributed by atoms with Crippen LogP contribution in [0.5, 0.6) is 0 Å². The lowest BCUT2D eigenvalue weighted by atomic mass is 9.97. The lowest BCUT2D eigenvalue weighted by molar-refractivity contribution is 0.618. The van der Waals surface area contributed by atoms with Gasteiger partial charge in [-0.05, 0) is 34.4 Å². The zero-order valence-corrected chi connectivity index (χ0v) is 19.9. The smallest absolute Gasteiger partial charge is 0.232 e. The van der Waals surface area contributed by atoms with Gasteiger partial charge in [0.15, 0.2) is 5.82 Å². The van der Waals surface area contributed by atoms with Gasteiger partial charge in [-0.1, -0.05) is 109 Å². The summed E-state index contributed by atoms with van der Waals surface area (Å²) in [6, 6.07) is 36.3. The molecule has 0 spiro atoms. The minimum atomic E-state index is 0.495. The predicted octanol–water partition coefficient (Wildman–Crippen LogP) is 8.63. The molecule has 4 aromatic carbocycles. The number of aromatic nitrogens is 2. The summed E-state index contributed by atoms with van der Waals surface area (Å²) >= 11 is 6.02. The molecule has 4 nitrogen and oxygen atoms in total. The Morgan fingerprint density at radius 1 is 0.639 bits per heavy atom. The van der Waals surface area contributed by atoms with E-state index in [0.29, 0.717) is 16.6 Å². The molecule has 0 radical (unpaired) electrons. The third-order valence-corrected chi connectivity index (χ3v) is 6.24. The van der Waals surface area contributed by atoms with Crippen molar-refractivity contribution in [2.75, 3.05) is 0 Å². The molecule has 2 heterocycles. The molecule has 0 saturated heterocycles. The molecular weight excluding hydrogens is 466 g/mol. The number of hydrogen-bond donors (Lipinski definition) is 0. The van der Waals surface area contributed by atoms with Gasteiger partial charge in [0.25, 0.3) is 0 Å². The molecule has 0 unspecified atom stereocenters. The van der Waals surface area contributed by atoms with Crippen LogP contribution in [0.2, 0.25) is 5.02 Å². The summed E-state index contributed by atoms with van der Waals surface area (Å²) in [5.41, 5.74) is 6.62. The van der Waals surface area contributed by atoms with Crippen LogP contribution in [-0.2, 0) is 0 Å².